The minimum Gasteiger partial charge on any atom is -0.381 e. The number of hydrogen-bond acceptors (Lipinski definition) is 4. The number of carbonyl (C=O) groups is 1. The minimum atomic E-state index is -3.63. The number of anilines is 1. The number of rotatable bonds is 7. The molecule has 6 nitrogen and oxygen atoms in total. The predicted octanol–water partition coefficient (Wildman–Crippen LogP) is 3.24. The summed E-state index contributed by atoms with van der Waals surface area (Å²) >= 11 is 0. The van der Waals surface area contributed by atoms with E-state index in [4.69, 9.17) is 4.74 Å². The molecule has 0 spiro atoms. The Hall–Kier alpha value is -2.38. The second-order valence-electron chi connectivity index (χ2n) is 8.55. The maximum atomic E-state index is 12.9. The predicted molar refractivity (Wildman–Crippen MR) is 124 cm³/mol. The summed E-state index contributed by atoms with van der Waals surface area (Å²) in [4.78, 5) is 12.9. The number of carbonyl (C=O) groups excluding carboxylic acids is 1. The Morgan fingerprint density at radius 2 is 1.65 bits per heavy atom. The Labute approximate surface area is 185 Å². The van der Waals surface area contributed by atoms with Gasteiger partial charge in [-0.05, 0) is 50.3 Å². The standard InChI is InChI=1S/C24H32N2O4S/c1-18-14-19(2)23(20(3)15-18)26(31(4,28)29)16-22(27)25-17-24(10-12-30-13-11-24)21-8-6-5-7-9-21/h5-9,14-15H,10-13,16-17H2,1-4H3,(H,25,27). The van der Waals surface area contributed by atoms with E-state index in [-0.39, 0.29) is 17.9 Å². The fraction of sp³-hybridized carbons (Fsp3) is 0.458. The van der Waals surface area contributed by atoms with E-state index in [1.54, 1.807) is 0 Å². The van der Waals surface area contributed by atoms with Crippen molar-refractivity contribution in [3.8, 4) is 0 Å². The van der Waals surface area contributed by atoms with Crippen LogP contribution in [0.5, 0.6) is 0 Å². The van der Waals surface area contributed by atoms with Gasteiger partial charge in [0.25, 0.3) is 0 Å². The molecule has 3 rings (SSSR count). The summed E-state index contributed by atoms with van der Waals surface area (Å²) in [6.45, 7) is 7.20. The first kappa shape index (κ1) is 23.3. The third-order valence-corrected chi connectivity index (χ3v) is 7.14. The van der Waals surface area contributed by atoms with E-state index in [0.29, 0.717) is 25.4 Å². The first-order valence-electron chi connectivity index (χ1n) is 10.6. The van der Waals surface area contributed by atoms with Gasteiger partial charge in [-0.3, -0.25) is 9.10 Å². The Morgan fingerprint density at radius 3 is 2.19 bits per heavy atom. The zero-order chi connectivity index (χ0) is 22.6. The number of sulfonamides is 1. The molecule has 2 aromatic rings. The van der Waals surface area contributed by atoms with E-state index in [0.717, 1.165) is 35.8 Å². The second kappa shape index (κ2) is 9.40. The molecule has 1 heterocycles. The van der Waals surface area contributed by atoms with Gasteiger partial charge in [0, 0.05) is 25.2 Å². The highest BCUT2D eigenvalue weighted by molar-refractivity contribution is 7.92. The molecule has 0 saturated carbocycles. The smallest absolute Gasteiger partial charge is 0.240 e. The molecule has 1 saturated heterocycles. The lowest BCUT2D eigenvalue weighted by Gasteiger charge is -2.38. The fourth-order valence-electron chi connectivity index (χ4n) is 4.50. The van der Waals surface area contributed by atoms with Gasteiger partial charge in [-0.15, -0.1) is 0 Å². The van der Waals surface area contributed by atoms with Crippen LogP contribution in [-0.2, 0) is 25.0 Å². The molecule has 2 aromatic carbocycles. The average molecular weight is 445 g/mol. The van der Waals surface area contributed by atoms with E-state index >= 15 is 0 Å². The monoisotopic (exact) mass is 444 g/mol. The van der Waals surface area contributed by atoms with Crippen molar-refractivity contribution >= 4 is 21.6 Å². The van der Waals surface area contributed by atoms with Crippen LogP contribution in [0.3, 0.4) is 0 Å². The molecule has 1 aliphatic heterocycles. The van der Waals surface area contributed by atoms with Crippen molar-refractivity contribution in [1.82, 2.24) is 5.32 Å². The Balaban J connectivity index is 1.80. The molecule has 1 fully saturated rings. The first-order valence-corrected chi connectivity index (χ1v) is 12.4. The SMILES string of the molecule is Cc1cc(C)c(N(CC(=O)NCC2(c3ccccc3)CCOCC2)S(C)(=O)=O)c(C)c1. The number of nitrogens with zero attached hydrogens (tertiary/aromatic N) is 1. The maximum absolute atomic E-state index is 12.9. The van der Waals surface area contributed by atoms with E-state index in [9.17, 15) is 13.2 Å². The van der Waals surface area contributed by atoms with Gasteiger partial charge in [0.15, 0.2) is 0 Å². The van der Waals surface area contributed by atoms with Crippen LogP contribution in [0.25, 0.3) is 0 Å². The number of hydrogen-bond donors (Lipinski definition) is 1. The number of ether oxygens (including phenoxy) is 1. The highest BCUT2D eigenvalue weighted by atomic mass is 32.2. The zero-order valence-electron chi connectivity index (χ0n) is 18.8. The topological polar surface area (TPSA) is 75.7 Å². The number of amides is 1. The Kier molecular flexibility index (Phi) is 7.06. The van der Waals surface area contributed by atoms with Crippen LogP contribution < -0.4 is 9.62 Å². The minimum absolute atomic E-state index is 0.208. The molecular weight excluding hydrogens is 412 g/mol. The van der Waals surface area contributed by atoms with Crippen molar-refractivity contribution in [3.05, 3.63) is 64.7 Å². The molecule has 1 amide bonds. The maximum Gasteiger partial charge on any atom is 0.240 e. The van der Waals surface area contributed by atoms with Crippen LogP contribution in [0.2, 0.25) is 0 Å². The number of nitrogens with one attached hydrogen (secondary N) is 1. The first-order chi connectivity index (χ1) is 14.6. The van der Waals surface area contributed by atoms with E-state index in [1.807, 2.05) is 51.1 Å². The molecule has 0 atom stereocenters. The molecule has 0 aromatic heterocycles. The van der Waals surface area contributed by atoms with Crippen LogP contribution in [0.15, 0.2) is 42.5 Å². The molecular formula is C24H32N2O4S. The molecule has 0 aliphatic carbocycles. The summed E-state index contributed by atoms with van der Waals surface area (Å²) < 4.78 is 31.9. The fourth-order valence-corrected chi connectivity index (χ4v) is 5.47. The Bertz CT molecular complexity index is 1010. The molecule has 168 valence electrons. The van der Waals surface area contributed by atoms with Gasteiger partial charge in [-0.2, -0.15) is 0 Å². The summed E-state index contributed by atoms with van der Waals surface area (Å²) in [6.07, 6.45) is 2.76. The zero-order valence-corrected chi connectivity index (χ0v) is 19.6. The van der Waals surface area contributed by atoms with Crippen LogP contribution in [0.1, 0.15) is 35.1 Å². The van der Waals surface area contributed by atoms with Crippen molar-refractivity contribution in [2.24, 2.45) is 0 Å². The van der Waals surface area contributed by atoms with Crippen LogP contribution >= 0.6 is 0 Å². The lowest BCUT2D eigenvalue weighted by molar-refractivity contribution is -0.120. The van der Waals surface area contributed by atoms with Crippen LogP contribution in [-0.4, -0.2) is 46.9 Å². The van der Waals surface area contributed by atoms with E-state index in [1.165, 1.54) is 9.87 Å². The molecule has 1 aliphatic rings. The van der Waals surface area contributed by atoms with Crippen molar-refractivity contribution in [3.63, 3.8) is 0 Å². The molecule has 0 radical (unpaired) electrons. The Morgan fingerprint density at radius 1 is 1.06 bits per heavy atom. The van der Waals surface area contributed by atoms with Gasteiger partial charge >= 0.3 is 0 Å². The third-order valence-electron chi connectivity index (χ3n) is 6.03. The molecule has 1 N–H and O–H groups in total. The summed E-state index contributed by atoms with van der Waals surface area (Å²) in [5, 5.41) is 3.01. The van der Waals surface area contributed by atoms with Gasteiger partial charge in [0.05, 0.1) is 11.9 Å². The number of aryl methyl sites for hydroxylation is 3. The van der Waals surface area contributed by atoms with Gasteiger partial charge < -0.3 is 10.1 Å². The largest absolute Gasteiger partial charge is 0.381 e. The summed E-state index contributed by atoms with van der Waals surface area (Å²) in [6, 6.07) is 14.0. The molecule has 0 unspecified atom stereocenters. The van der Waals surface area contributed by atoms with Gasteiger partial charge in [0.2, 0.25) is 15.9 Å². The average Bonchev–Trinajstić information content (AvgIpc) is 2.71. The van der Waals surface area contributed by atoms with Gasteiger partial charge in [0.1, 0.15) is 6.54 Å². The van der Waals surface area contributed by atoms with Crippen molar-refractivity contribution in [2.75, 3.05) is 36.9 Å². The second-order valence-corrected chi connectivity index (χ2v) is 10.5. The van der Waals surface area contributed by atoms with Crippen molar-refractivity contribution in [1.29, 1.82) is 0 Å². The lowest BCUT2D eigenvalue weighted by Crippen LogP contribution is -2.48. The lowest BCUT2D eigenvalue weighted by atomic mass is 9.74. The van der Waals surface area contributed by atoms with E-state index < -0.39 is 10.0 Å². The van der Waals surface area contributed by atoms with Gasteiger partial charge in [-0.1, -0.05) is 48.0 Å². The highest BCUT2D eigenvalue weighted by Gasteiger charge is 2.35. The normalized spacial score (nSPS) is 16.0. The molecule has 0 bridgehead atoms. The van der Waals surface area contributed by atoms with Crippen LogP contribution in [0, 0.1) is 20.8 Å². The van der Waals surface area contributed by atoms with E-state index in [2.05, 4.69) is 17.4 Å². The third kappa shape index (κ3) is 5.46. The van der Waals surface area contributed by atoms with Crippen molar-refractivity contribution in [2.45, 2.75) is 39.0 Å². The number of benzene rings is 2. The molecule has 7 heteroatoms. The van der Waals surface area contributed by atoms with Crippen LogP contribution in [0.4, 0.5) is 5.69 Å². The molecule has 31 heavy (non-hydrogen) atoms. The summed E-state index contributed by atoms with van der Waals surface area (Å²) in [5.74, 6) is -0.313. The van der Waals surface area contributed by atoms with Gasteiger partial charge in [-0.25, -0.2) is 8.42 Å². The summed E-state index contributed by atoms with van der Waals surface area (Å²) in [5.41, 5.74) is 4.26. The summed E-state index contributed by atoms with van der Waals surface area (Å²) in [7, 11) is -3.63. The quantitative estimate of drug-likeness (QED) is 0.711. The highest BCUT2D eigenvalue weighted by Crippen LogP contribution is 2.34. The van der Waals surface area contributed by atoms with Crippen molar-refractivity contribution < 1.29 is 17.9 Å².